The van der Waals surface area contributed by atoms with E-state index in [9.17, 15) is 18.3 Å². The van der Waals surface area contributed by atoms with Crippen LogP contribution in [-0.4, -0.2) is 20.9 Å². The Labute approximate surface area is 123 Å². The van der Waals surface area contributed by atoms with E-state index in [2.05, 4.69) is 0 Å². The minimum Gasteiger partial charge on any atom is -0.545 e. The van der Waals surface area contributed by atoms with Gasteiger partial charge in [0.25, 0.3) is 10.0 Å². The van der Waals surface area contributed by atoms with Gasteiger partial charge in [0, 0.05) is 6.54 Å². The molecule has 0 saturated carbocycles. The van der Waals surface area contributed by atoms with Crippen molar-refractivity contribution >= 4 is 21.7 Å². The molecule has 0 heterocycles. The molecule has 6 heteroatoms. The Kier molecular flexibility index (Phi) is 4.28. The van der Waals surface area contributed by atoms with Gasteiger partial charge in [-0.25, -0.2) is 8.42 Å². The van der Waals surface area contributed by atoms with Gasteiger partial charge in [-0.1, -0.05) is 30.3 Å². The number of para-hydroxylation sites is 1. The maximum absolute atomic E-state index is 12.6. The first-order chi connectivity index (χ1) is 9.96. The summed E-state index contributed by atoms with van der Waals surface area (Å²) in [6.07, 6.45) is 0. The van der Waals surface area contributed by atoms with E-state index in [1.54, 1.807) is 37.3 Å². The van der Waals surface area contributed by atoms with E-state index in [-0.39, 0.29) is 17.0 Å². The summed E-state index contributed by atoms with van der Waals surface area (Å²) in [5.74, 6) is -1.34. The molecule has 0 aliphatic heterocycles. The molecule has 110 valence electrons. The van der Waals surface area contributed by atoms with Crippen molar-refractivity contribution in [2.24, 2.45) is 0 Å². The summed E-state index contributed by atoms with van der Waals surface area (Å²) in [5, 5.41) is 10.7. The Hall–Kier alpha value is -2.34. The highest BCUT2D eigenvalue weighted by Gasteiger charge is 2.23. The van der Waals surface area contributed by atoms with Gasteiger partial charge in [-0.15, -0.1) is 0 Å². The van der Waals surface area contributed by atoms with Crippen molar-refractivity contribution in [2.45, 2.75) is 11.8 Å². The quantitative estimate of drug-likeness (QED) is 0.833. The van der Waals surface area contributed by atoms with Crippen LogP contribution < -0.4 is 9.41 Å². The molecule has 0 radical (unpaired) electrons. The fraction of sp³-hybridized carbons (Fsp3) is 0.133. The zero-order valence-electron chi connectivity index (χ0n) is 11.4. The number of carboxylic acid groups (broad SMARTS) is 1. The Morgan fingerprint density at radius 3 is 2.10 bits per heavy atom. The third-order valence-corrected chi connectivity index (χ3v) is 4.93. The molecule has 0 aromatic heterocycles. The molecule has 2 rings (SSSR count). The maximum Gasteiger partial charge on any atom is 0.264 e. The van der Waals surface area contributed by atoms with Gasteiger partial charge in [0.2, 0.25) is 0 Å². The second-order valence-corrected chi connectivity index (χ2v) is 6.18. The number of hydrogen-bond acceptors (Lipinski definition) is 4. The smallest absolute Gasteiger partial charge is 0.264 e. The largest absolute Gasteiger partial charge is 0.545 e. The van der Waals surface area contributed by atoms with Crippen molar-refractivity contribution in [1.82, 2.24) is 0 Å². The predicted molar refractivity (Wildman–Crippen MR) is 77.4 cm³/mol. The van der Waals surface area contributed by atoms with Gasteiger partial charge in [0.1, 0.15) is 0 Å². The standard InChI is InChI=1S/C15H15NO4S/c1-2-16(13-6-4-3-5-7-13)21(19,20)14-10-8-12(9-11-14)15(17)18/h3-11H,2H2,1H3,(H,17,18)/p-1. The number of nitrogens with zero attached hydrogens (tertiary/aromatic N) is 1. The van der Waals surface area contributed by atoms with Crippen LogP contribution in [0.15, 0.2) is 59.5 Å². The number of carboxylic acids is 1. The number of sulfonamides is 1. The summed E-state index contributed by atoms with van der Waals surface area (Å²) in [4.78, 5) is 10.7. The van der Waals surface area contributed by atoms with E-state index in [4.69, 9.17) is 0 Å². The van der Waals surface area contributed by atoms with Gasteiger partial charge in [0.05, 0.1) is 16.6 Å². The van der Waals surface area contributed by atoms with Gasteiger partial charge in [0.15, 0.2) is 0 Å². The number of carbonyl (C=O) groups is 1. The lowest BCUT2D eigenvalue weighted by atomic mass is 10.2. The molecule has 0 N–H and O–H groups in total. The van der Waals surface area contributed by atoms with E-state index in [0.29, 0.717) is 5.69 Å². The van der Waals surface area contributed by atoms with Crippen LogP contribution in [0.1, 0.15) is 17.3 Å². The molecule has 2 aromatic rings. The average Bonchev–Trinajstić information content (AvgIpc) is 2.49. The van der Waals surface area contributed by atoms with Crippen molar-refractivity contribution in [3.63, 3.8) is 0 Å². The molecule has 0 unspecified atom stereocenters. The second-order valence-electron chi connectivity index (χ2n) is 4.32. The zero-order chi connectivity index (χ0) is 15.5. The van der Waals surface area contributed by atoms with E-state index in [1.807, 2.05) is 0 Å². The molecule has 0 fully saturated rings. The van der Waals surface area contributed by atoms with Crippen molar-refractivity contribution in [3.05, 3.63) is 60.2 Å². The van der Waals surface area contributed by atoms with Crippen LogP contribution in [0.4, 0.5) is 5.69 Å². The Morgan fingerprint density at radius 2 is 1.62 bits per heavy atom. The van der Waals surface area contributed by atoms with Crippen LogP contribution in [-0.2, 0) is 10.0 Å². The molecular formula is C15H14NO4S-. The average molecular weight is 304 g/mol. The minimum absolute atomic E-state index is 0.0400. The van der Waals surface area contributed by atoms with Crippen LogP contribution in [0.2, 0.25) is 0 Å². The van der Waals surface area contributed by atoms with Crippen LogP contribution in [0.3, 0.4) is 0 Å². The van der Waals surface area contributed by atoms with E-state index >= 15 is 0 Å². The molecular weight excluding hydrogens is 290 g/mol. The topological polar surface area (TPSA) is 77.5 Å². The van der Waals surface area contributed by atoms with Gasteiger partial charge >= 0.3 is 0 Å². The summed E-state index contributed by atoms with van der Waals surface area (Å²) in [7, 11) is -3.73. The molecule has 21 heavy (non-hydrogen) atoms. The zero-order valence-corrected chi connectivity index (χ0v) is 12.2. The summed E-state index contributed by atoms with van der Waals surface area (Å²) in [5.41, 5.74) is 0.501. The fourth-order valence-electron chi connectivity index (χ4n) is 1.98. The van der Waals surface area contributed by atoms with E-state index < -0.39 is 16.0 Å². The van der Waals surface area contributed by atoms with Crippen molar-refractivity contribution in [2.75, 3.05) is 10.8 Å². The maximum atomic E-state index is 12.6. The molecule has 0 spiro atoms. The molecule has 0 amide bonds. The number of rotatable bonds is 5. The van der Waals surface area contributed by atoms with Gasteiger partial charge in [-0.05, 0) is 36.8 Å². The van der Waals surface area contributed by atoms with Crippen molar-refractivity contribution in [3.8, 4) is 0 Å². The molecule has 0 saturated heterocycles. The molecule has 2 aromatic carbocycles. The SMILES string of the molecule is CCN(c1ccccc1)S(=O)(=O)c1ccc(C(=O)[O-])cc1. The number of carbonyl (C=O) groups excluding carboxylic acids is 1. The lowest BCUT2D eigenvalue weighted by Crippen LogP contribution is -2.30. The number of anilines is 1. The van der Waals surface area contributed by atoms with E-state index in [1.165, 1.54) is 28.6 Å². The number of aromatic carboxylic acids is 1. The summed E-state index contributed by atoms with van der Waals surface area (Å²) in [6.45, 7) is 2.01. The molecule has 0 aliphatic rings. The summed E-state index contributed by atoms with van der Waals surface area (Å²) < 4.78 is 26.5. The van der Waals surface area contributed by atoms with Gasteiger partial charge < -0.3 is 9.90 Å². The summed E-state index contributed by atoms with van der Waals surface area (Å²) in [6, 6.07) is 13.7. The van der Waals surface area contributed by atoms with Crippen molar-refractivity contribution < 1.29 is 18.3 Å². The Bertz CT molecular complexity index is 724. The lowest BCUT2D eigenvalue weighted by Gasteiger charge is -2.23. The highest BCUT2D eigenvalue weighted by atomic mass is 32.2. The highest BCUT2D eigenvalue weighted by Crippen LogP contribution is 2.23. The van der Waals surface area contributed by atoms with Crippen LogP contribution >= 0.6 is 0 Å². The molecule has 0 aliphatic carbocycles. The molecule has 5 nitrogen and oxygen atoms in total. The minimum atomic E-state index is -3.73. The van der Waals surface area contributed by atoms with Gasteiger partial charge in [-0.3, -0.25) is 4.31 Å². The van der Waals surface area contributed by atoms with Crippen LogP contribution in [0.5, 0.6) is 0 Å². The normalized spacial score (nSPS) is 11.1. The van der Waals surface area contributed by atoms with Crippen molar-refractivity contribution in [1.29, 1.82) is 0 Å². The van der Waals surface area contributed by atoms with Crippen LogP contribution in [0.25, 0.3) is 0 Å². The summed E-state index contributed by atoms with van der Waals surface area (Å²) >= 11 is 0. The second kappa shape index (κ2) is 5.97. The highest BCUT2D eigenvalue weighted by molar-refractivity contribution is 7.92. The first-order valence-electron chi connectivity index (χ1n) is 6.36. The first kappa shape index (κ1) is 15.1. The van der Waals surface area contributed by atoms with Crippen LogP contribution in [0, 0.1) is 0 Å². The third-order valence-electron chi connectivity index (χ3n) is 3.01. The number of hydrogen-bond donors (Lipinski definition) is 0. The number of benzene rings is 2. The van der Waals surface area contributed by atoms with E-state index in [0.717, 1.165) is 0 Å². The third kappa shape index (κ3) is 3.05. The lowest BCUT2D eigenvalue weighted by molar-refractivity contribution is -0.255. The molecule has 0 bridgehead atoms. The first-order valence-corrected chi connectivity index (χ1v) is 7.80. The fourth-order valence-corrected chi connectivity index (χ4v) is 3.45. The Morgan fingerprint density at radius 1 is 1.05 bits per heavy atom. The Balaban J connectivity index is 2.42. The predicted octanol–water partition coefficient (Wildman–Crippen LogP) is 1.27. The van der Waals surface area contributed by atoms with Gasteiger partial charge in [-0.2, -0.15) is 0 Å². The monoisotopic (exact) mass is 304 g/mol. The molecule has 0 atom stereocenters.